The van der Waals surface area contributed by atoms with Gasteiger partial charge in [-0.05, 0) is 48.5 Å². The number of carbonyl (C=O) groups is 2. The summed E-state index contributed by atoms with van der Waals surface area (Å²) in [5.74, 6) is -3.44. The van der Waals surface area contributed by atoms with Gasteiger partial charge in [-0.3, -0.25) is 20.8 Å². The Labute approximate surface area is 256 Å². The van der Waals surface area contributed by atoms with E-state index in [-0.39, 0.29) is 53.9 Å². The molecular weight excluding hydrogens is 614 g/mol. The molecule has 0 spiro atoms. The number of phenols is 2. The van der Waals surface area contributed by atoms with Crippen LogP contribution in [-0.2, 0) is 50.0 Å². The summed E-state index contributed by atoms with van der Waals surface area (Å²) in [5.41, 5.74) is 1.79. The van der Waals surface area contributed by atoms with Crippen molar-refractivity contribution in [2.75, 3.05) is 0 Å². The fraction of sp³-hybridized carbons (Fsp3) is 0.0714. The van der Waals surface area contributed by atoms with E-state index in [2.05, 4.69) is 31.0 Å². The van der Waals surface area contributed by atoms with Gasteiger partial charge in [0.15, 0.2) is 0 Å². The summed E-state index contributed by atoms with van der Waals surface area (Å²) in [5, 5.41) is 50.6. The first-order valence-electron chi connectivity index (χ1n) is 12.2. The van der Waals surface area contributed by atoms with Gasteiger partial charge in [-0.25, -0.2) is 0 Å². The van der Waals surface area contributed by atoms with Crippen molar-refractivity contribution in [3.05, 3.63) is 120 Å². The Morgan fingerprint density at radius 1 is 0.628 bits per heavy atom. The first-order chi connectivity index (χ1) is 20.3. The molecule has 43 heavy (non-hydrogen) atoms. The number of pyridine rings is 2. The van der Waals surface area contributed by atoms with Crippen molar-refractivity contribution in [3.8, 4) is 11.5 Å². The molecule has 0 aliphatic carbocycles. The number of hydrogen-bond donors (Lipinski definition) is 4. The number of carbonyl (C=O) groups excluding carboxylic acids is 2. The largest absolute Gasteiger partial charge is 2.00 e. The van der Waals surface area contributed by atoms with Gasteiger partial charge in [-0.2, -0.15) is 0 Å². The van der Waals surface area contributed by atoms with Crippen LogP contribution >= 0.6 is 0 Å². The third-order valence-corrected chi connectivity index (χ3v) is 6.13. The number of aromatic hydroxyl groups is 2. The predicted molar refractivity (Wildman–Crippen MR) is 140 cm³/mol. The number of carboxylic acids is 2. The van der Waals surface area contributed by atoms with Crippen molar-refractivity contribution in [2.24, 2.45) is 10.2 Å². The Hall–Kier alpha value is -5.56. The summed E-state index contributed by atoms with van der Waals surface area (Å²) < 4.78 is 10.9. The van der Waals surface area contributed by atoms with Crippen molar-refractivity contribution in [3.63, 3.8) is 0 Å². The van der Waals surface area contributed by atoms with Crippen LogP contribution in [0.15, 0.2) is 108 Å². The molecule has 2 aliphatic heterocycles. The number of ether oxygens (including phenoxy) is 2. The molecule has 2 unspecified atom stereocenters. The van der Waals surface area contributed by atoms with Crippen LogP contribution in [0.5, 0.6) is 11.5 Å². The Morgan fingerprint density at radius 2 is 0.977 bits per heavy atom. The van der Waals surface area contributed by atoms with E-state index >= 15 is 0 Å². The quantitative estimate of drug-likeness (QED) is 0.195. The van der Waals surface area contributed by atoms with Gasteiger partial charge in [0.25, 0.3) is 11.4 Å². The molecule has 0 amide bonds. The minimum atomic E-state index is -2.07. The van der Waals surface area contributed by atoms with Crippen LogP contribution in [0.3, 0.4) is 0 Å². The van der Waals surface area contributed by atoms with E-state index in [4.69, 9.17) is 9.47 Å². The van der Waals surface area contributed by atoms with Gasteiger partial charge in [-0.15, -0.1) is 10.2 Å². The minimum Gasteiger partial charge on any atom is -0.544 e. The Balaban J connectivity index is 0.000000192. The van der Waals surface area contributed by atoms with Crippen LogP contribution in [0.1, 0.15) is 22.3 Å². The molecule has 2 atom stereocenters. The van der Waals surface area contributed by atoms with Crippen molar-refractivity contribution in [1.82, 2.24) is 20.8 Å². The van der Waals surface area contributed by atoms with E-state index in [1.54, 1.807) is 48.5 Å². The third-order valence-electron chi connectivity index (χ3n) is 6.13. The summed E-state index contributed by atoms with van der Waals surface area (Å²) in [4.78, 5) is 30.8. The molecule has 0 bridgehead atoms. The van der Waals surface area contributed by atoms with Gasteiger partial charge in [-0.1, -0.05) is 24.3 Å². The molecule has 14 nitrogen and oxygen atoms in total. The van der Waals surface area contributed by atoms with Crippen LogP contribution in [0.25, 0.3) is 0 Å². The van der Waals surface area contributed by atoms with Crippen LogP contribution in [0.4, 0.5) is 0 Å². The second-order valence-electron chi connectivity index (χ2n) is 8.71. The summed E-state index contributed by atoms with van der Waals surface area (Å²) >= 11 is 0. The fourth-order valence-electron chi connectivity index (χ4n) is 4.04. The standard InChI is InChI=1S/2C14H11N3O4.Zn/c2*18-11-4-2-1-3-10(11)14(13(19)20)17-16-12(21-14)9-5-7-15-8-6-9;/h2*1-8,17-18H,(H,19,20);/q;;+2/p-2. The van der Waals surface area contributed by atoms with Gasteiger partial charge in [0.1, 0.15) is 23.4 Å². The molecule has 4 aromatic rings. The monoisotopic (exact) mass is 632 g/mol. The third kappa shape index (κ3) is 5.79. The molecule has 0 saturated heterocycles. The van der Waals surface area contributed by atoms with Crippen LogP contribution in [0, 0.1) is 0 Å². The number of benzene rings is 2. The summed E-state index contributed by atoms with van der Waals surface area (Å²) in [6, 6.07) is 18.3. The zero-order valence-corrected chi connectivity index (χ0v) is 25.0. The number of hydrogen-bond acceptors (Lipinski definition) is 14. The molecule has 15 heteroatoms. The van der Waals surface area contributed by atoms with Gasteiger partial charge in [0.2, 0.25) is 11.8 Å². The molecule has 4 N–H and O–H groups in total. The minimum absolute atomic E-state index is 0. The second kappa shape index (κ2) is 12.5. The molecule has 0 fully saturated rings. The number of aromatic nitrogens is 2. The van der Waals surface area contributed by atoms with Gasteiger partial charge < -0.3 is 39.5 Å². The van der Waals surface area contributed by atoms with Crippen molar-refractivity contribution in [1.29, 1.82) is 0 Å². The molecule has 2 aromatic carbocycles. The number of phenolic OH excluding ortho intramolecular Hbond substituents is 2. The average molecular weight is 634 g/mol. The predicted octanol–water partition coefficient (Wildman–Crippen LogP) is -0.659. The maximum Gasteiger partial charge on any atom is 2.00 e. The first-order valence-corrected chi connectivity index (χ1v) is 12.2. The van der Waals surface area contributed by atoms with E-state index in [0.717, 1.165) is 0 Å². The number of carboxylic acid groups (broad SMARTS) is 2. The molecule has 0 saturated carbocycles. The molecular formula is C28H20N6O8Zn. The van der Waals surface area contributed by atoms with Crippen LogP contribution < -0.4 is 21.1 Å². The van der Waals surface area contributed by atoms with Crippen molar-refractivity contribution < 1.29 is 59.0 Å². The molecule has 2 aromatic heterocycles. The first kappa shape index (κ1) is 30.4. The Morgan fingerprint density at radius 3 is 1.30 bits per heavy atom. The van der Waals surface area contributed by atoms with E-state index in [1.807, 2.05) is 0 Å². The molecule has 212 valence electrons. The normalized spacial score (nSPS) is 19.8. The Kier molecular flexibility index (Phi) is 8.86. The number of rotatable bonds is 6. The summed E-state index contributed by atoms with van der Waals surface area (Å²) in [7, 11) is 0. The molecule has 0 radical (unpaired) electrons. The molecule has 4 heterocycles. The number of para-hydroxylation sites is 2. The topological polar surface area (TPSA) is 214 Å². The van der Waals surface area contributed by atoms with Gasteiger partial charge >= 0.3 is 19.5 Å². The average Bonchev–Trinajstić information content (AvgIpc) is 3.67. The maximum absolute atomic E-state index is 11.6. The zero-order chi connectivity index (χ0) is 29.7. The number of hydrazone groups is 2. The van der Waals surface area contributed by atoms with Crippen molar-refractivity contribution in [2.45, 2.75) is 11.4 Å². The number of nitrogens with one attached hydrogen (secondary N) is 2. The SMILES string of the molecule is O=C([O-])C1(c2ccccc2O)NN=C(c2ccncc2)O1.O=C([O-])C1(c2ccccc2O)NN=C(c2ccncc2)O1.[Zn+2]. The summed E-state index contributed by atoms with van der Waals surface area (Å²) in [6.07, 6.45) is 6.11. The second-order valence-corrected chi connectivity index (χ2v) is 8.71. The van der Waals surface area contributed by atoms with Gasteiger partial charge in [0, 0.05) is 35.9 Å². The molecule has 2 aliphatic rings. The number of aliphatic carboxylic acids is 2. The van der Waals surface area contributed by atoms with Crippen molar-refractivity contribution >= 4 is 23.7 Å². The summed E-state index contributed by atoms with van der Waals surface area (Å²) in [6.45, 7) is 0. The zero-order valence-electron chi connectivity index (χ0n) is 22.1. The van der Waals surface area contributed by atoms with Gasteiger partial charge in [0.05, 0.1) is 11.1 Å². The van der Waals surface area contributed by atoms with Crippen LogP contribution in [-0.4, -0.2) is 43.9 Å². The molecule has 6 rings (SSSR count). The Bertz CT molecular complexity index is 1570. The fourth-order valence-corrected chi connectivity index (χ4v) is 4.04. The number of nitrogens with zero attached hydrogens (tertiary/aromatic N) is 4. The van der Waals surface area contributed by atoms with E-state index in [0.29, 0.717) is 11.1 Å². The smallest absolute Gasteiger partial charge is 0.544 e. The van der Waals surface area contributed by atoms with E-state index in [1.165, 1.54) is 49.1 Å². The van der Waals surface area contributed by atoms with E-state index < -0.39 is 23.4 Å². The van der Waals surface area contributed by atoms with Crippen LogP contribution in [0.2, 0.25) is 0 Å². The van der Waals surface area contributed by atoms with E-state index in [9.17, 15) is 30.0 Å². The maximum atomic E-state index is 11.6.